The van der Waals surface area contributed by atoms with Crippen LogP contribution in [0.4, 0.5) is 0 Å². The van der Waals surface area contributed by atoms with Gasteiger partial charge in [-0.05, 0) is 81.8 Å². The van der Waals surface area contributed by atoms with E-state index >= 15 is 0 Å². The molecule has 4 aromatic heterocycles. The number of benzene rings is 1. The minimum Gasteiger partial charge on any atom is -0.297 e. The molecule has 0 radical (unpaired) electrons. The molecule has 0 fully saturated rings. The van der Waals surface area contributed by atoms with E-state index in [-0.39, 0.29) is 0 Å². The number of aryl methyl sites for hydroxylation is 4. The summed E-state index contributed by atoms with van der Waals surface area (Å²) in [4.78, 5) is 26.8. The molecule has 7 heteroatoms. The predicted octanol–water partition coefficient (Wildman–Crippen LogP) is 6.71. The Morgan fingerprint density at radius 1 is 0.348 bits per heavy atom. The Morgan fingerprint density at radius 3 is 1.00 bits per heavy atom. The fourth-order valence-corrected chi connectivity index (χ4v) is 5.77. The van der Waals surface area contributed by atoms with Crippen LogP contribution in [-0.4, -0.2) is 60.8 Å². The summed E-state index contributed by atoms with van der Waals surface area (Å²) in [6, 6.07) is 35.9. The average molecular weight is 614 g/mol. The minimum atomic E-state index is 0.778. The monoisotopic (exact) mass is 613 g/mol. The molecule has 0 aliphatic rings. The van der Waals surface area contributed by atoms with Gasteiger partial charge >= 0.3 is 0 Å². The number of aromatic nitrogens is 4. The molecule has 0 unspecified atom stereocenters. The maximum Gasteiger partial charge on any atom is 0.0547 e. The zero-order valence-electron chi connectivity index (χ0n) is 27.8. The van der Waals surface area contributed by atoms with Crippen molar-refractivity contribution in [1.82, 2.24) is 34.6 Å². The van der Waals surface area contributed by atoms with Crippen LogP contribution in [0, 0.1) is 27.7 Å². The van der Waals surface area contributed by atoms with E-state index in [4.69, 9.17) is 19.9 Å². The number of hydrogen-bond acceptors (Lipinski definition) is 7. The highest BCUT2D eigenvalue weighted by molar-refractivity contribution is 5.16. The lowest BCUT2D eigenvalue weighted by atomic mass is 10.2. The zero-order valence-corrected chi connectivity index (χ0v) is 27.8. The van der Waals surface area contributed by atoms with Crippen LogP contribution in [0.2, 0.25) is 0 Å². The Balaban J connectivity index is 1.33. The lowest BCUT2D eigenvalue weighted by Gasteiger charge is -2.30. The summed E-state index contributed by atoms with van der Waals surface area (Å²) in [5.41, 5.74) is 9.85. The van der Waals surface area contributed by atoms with Crippen LogP contribution in [0.3, 0.4) is 0 Å². The molecule has 0 bridgehead atoms. The molecule has 0 aliphatic carbocycles. The summed E-state index contributed by atoms with van der Waals surface area (Å²) in [5.74, 6) is 0. The lowest BCUT2D eigenvalue weighted by molar-refractivity contribution is 0.156. The number of hydrogen-bond donors (Lipinski definition) is 0. The van der Waals surface area contributed by atoms with E-state index in [0.717, 1.165) is 104 Å². The van der Waals surface area contributed by atoms with Gasteiger partial charge in [-0.1, -0.05) is 54.6 Å². The maximum absolute atomic E-state index is 4.82. The smallest absolute Gasteiger partial charge is 0.0547 e. The Morgan fingerprint density at radius 2 is 0.674 bits per heavy atom. The van der Waals surface area contributed by atoms with Crippen molar-refractivity contribution in [2.24, 2.45) is 0 Å². The van der Waals surface area contributed by atoms with Gasteiger partial charge in [-0.15, -0.1) is 0 Å². The molecule has 0 aliphatic heterocycles. The van der Waals surface area contributed by atoms with Gasteiger partial charge in [-0.2, -0.15) is 0 Å². The second kappa shape index (κ2) is 16.9. The summed E-state index contributed by atoms with van der Waals surface area (Å²) < 4.78 is 0. The van der Waals surface area contributed by atoms with Gasteiger partial charge < -0.3 is 0 Å². The molecule has 238 valence electrons. The second-order valence-corrected chi connectivity index (χ2v) is 12.3. The van der Waals surface area contributed by atoms with Crippen LogP contribution in [0.25, 0.3) is 0 Å². The first-order valence-corrected chi connectivity index (χ1v) is 16.3. The van der Waals surface area contributed by atoms with Crippen molar-refractivity contribution in [2.45, 2.75) is 60.4 Å². The van der Waals surface area contributed by atoms with E-state index in [1.165, 1.54) is 5.56 Å². The number of rotatable bonds is 16. The van der Waals surface area contributed by atoms with Crippen molar-refractivity contribution in [1.29, 1.82) is 0 Å². The van der Waals surface area contributed by atoms with Gasteiger partial charge in [0.15, 0.2) is 0 Å². The summed E-state index contributed by atoms with van der Waals surface area (Å²) in [7, 11) is 0. The quantitative estimate of drug-likeness (QED) is 0.123. The molecule has 0 atom stereocenters. The summed E-state index contributed by atoms with van der Waals surface area (Å²) >= 11 is 0. The SMILES string of the molecule is Cc1cccc(CN(CCN(CCN(Cc2cccc(C)n2)Cc2cccc(C)n2)Cc2ccccc2)Cc2cccc(C)n2)n1. The lowest BCUT2D eigenvalue weighted by Crippen LogP contribution is -2.39. The fraction of sp³-hybridized carbons (Fsp3) is 0.333. The van der Waals surface area contributed by atoms with Crippen LogP contribution in [0.5, 0.6) is 0 Å². The van der Waals surface area contributed by atoms with E-state index in [1.54, 1.807) is 0 Å². The number of nitrogens with zero attached hydrogens (tertiary/aromatic N) is 7. The molecular weight excluding hydrogens is 566 g/mol. The van der Waals surface area contributed by atoms with Gasteiger partial charge in [-0.25, -0.2) is 0 Å². The van der Waals surface area contributed by atoms with Crippen molar-refractivity contribution in [2.75, 3.05) is 26.2 Å². The molecular formula is C39H47N7. The molecule has 1 aromatic carbocycles. The van der Waals surface area contributed by atoms with Crippen LogP contribution in [0.15, 0.2) is 103 Å². The topological polar surface area (TPSA) is 61.3 Å². The maximum atomic E-state index is 4.82. The van der Waals surface area contributed by atoms with Gasteiger partial charge in [0.1, 0.15) is 0 Å². The standard InChI is InChI=1S/C39H47N7/c1-31-12-8-18-36(40-31)27-45(28-37-19-9-13-32(2)41-37)24-22-44(26-35-16-6-5-7-17-35)23-25-46(29-38-20-10-14-33(3)42-38)30-39-21-11-15-34(4)43-39/h5-21H,22-30H2,1-4H3. The van der Waals surface area contributed by atoms with Crippen molar-refractivity contribution in [3.63, 3.8) is 0 Å². The Kier molecular flexibility index (Phi) is 12.1. The van der Waals surface area contributed by atoms with Gasteiger partial charge in [0.25, 0.3) is 0 Å². The predicted molar refractivity (Wildman–Crippen MR) is 186 cm³/mol. The molecule has 46 heavy (non-hydrogen) atoms. The molecule has 5 aromatic rings. The summed E-state index contributed by atoms with van der Waals surface area (Å²) in [6.07, 6.45) is 0. The van der Waals surface area contributed by atoms with Crippen LogP contribution in [0.1, 0.15) is 51.1 Å². The third-order valence-electron chi connectivity index (χ3n) is 8.04. The van der Waals surface area contributed by atoms with Gasteiger partial charge in [0.2, 0.25) is 0 Å². The molecule has 5 rings (SSSR count). The zero-order chi connectivity index (χ0) is 32.1. The molecule has 0 spiro atoms. The average Bonchev–Trinajstić information content (AvgIpc) is 3.03. The third kappa shape index (κ3) is 10.9. The van der Waals surface area contributed by atoms with E-state index in [0.29, 0.717) is 0 Å². The highest BCUT2D eigenvalue weighted by Gasteiger charge is 2.16. The van der Waals surface area contributed by atoms with Gasteiger partial charge in [0.05, 0.1) is 22.8 Å². The molecule has 0 N–H and O–H groups in total. The summed E-state index contributed by atoms with van der Waals surface area (Å²) in [5, 5.41) is 0. The Labute approximate surface area is 275 Å². The molecule has 7 nitrogen and oxygen atoms in total. The van der Waals surface area contributed by atoms with Gasteiger partial charge in [0, 0.05) is 81.7 Å². The summed E-state index contributed by atoms with van der Waals surface area (Å²) in [6.45, 7) is 15.9. The van der Waals surface area contributed by atoms with Crippen molar-refractivity contribution in [3.05, 3.63) is 154 Å². The van der Waals surface area contributed by atoms with Crippen molar-refractivity contribution >= 4 is 0 Å². The second-order valence-electron chi connectivity index (χ2n) is 12.3. The van der Waals surface area contributed by atoms with Crippen LogP contribution < -0.4 is 0 Å². The fourth-order valence-electron chi connectivity index (χ4n) is 5.77. The highest BCUT2D eigenvalue weighted by Crippen LogP contribution is 2.13. The molecule has 4 heterocycles. The normalized spacial score (nSPS) is 11.5. The first kappa shape index (κ1) is 33.1. The van der Waals surface area contributed by atoms with E-state index in [2.05, 4.69) is 146 Å². The highest BCUT2D eigenvalue weighted by atomic mass is 15.2. The third-order valence-corrected chi connectivity index (χ3v) is 8.04. The molecule has 0 saturated carbocycles. The van der Waals surface area contributed by atoms with E-state index in [9.17, 15) is 0 Å². The Hall–Kier alpha value is -4.30. The van der Waals surface area contributed by atoms with E-state index < -0.39 is 0 Å². The van der Waals surface area contributed by atoms with Crippen molar-refractivity contribution < 1.29 is 0 Å². The first-order chi connectivity index (χ1) is 22.4. The minimum absolute atomic E-state index is 0.778. The van der Waals surface area contributed by atoms with Crippen LogP contribution >= 0.6 is 0 Å². The van der Waals surface area contributed by atoms with Crippen molar-refractivity contribution in [3.8, 4) is 0 Å². The first-order valence-electron chi connectivity index (χ1n) is 16.3. The largest absolute Gasteiger partial charge is 0.297 e. The Bertz CT molecular complexity index is 1460. The number of pyridine rings is 4. The van der Waals surface area contributed by atoms with Crippen LogP contribution in [-0.2, 0) is 32.7 Å². The van der Waals surface area contributed by atoms with Gasteiger partial charge in [-0.3, -0.25) is 34.6 Å². The molecule has 0 amide bonds. The molecule has 0 saturated heterocycles. The van der Waals surface area contributed by atoms with E-state index in [1.807, 2.05) is 0 Å².